The average Bonchev–Trinajstić information content (AvgIpc) is 3.25. The molecule has 0 aliphatic carbocycles. The smallest absolute Gasteiger partial charge is 0.280 e. The van der Waals surface area contributed by atoms with Gasteiger partial charge in [0.05, 0.1) is 56.8 Å². The Kier molecular flexibility index (Phi) is 7.10. The second kappa shape index (κ2) is 10.4. The number of ether oxygens (including phenoxy) is 4. The molecule has 186 valence electrons. The van der Waals surface area contributed by atoms with Gasteiger partial charge in [-0.3, -0.25) is 14.9 Å². The van der Waals surface area contributed by atoms with Crippen LogP contribution in [0, 0.1) is 5.82 Å². The lowest BCUT2D eigenvalue weighted by molar-refractivity contribution is 0.324. The summed E-state index contributed by atoms with van der Waals surface area (Å²) in [6.45, 7) is 1.75. The van der Waals surface area contributed by atoms with Gasteiger partial charge in [-0.25, -0.2) is 9.07 Å². The molecule has 0 spiro atoms. The lowest BCUT2D eigenvalue weighted by Crippen LogP contribution is -2.19. The fourth-order valence-electron chi connectivity index (χ4n) is 3.89. The van der Waals surface area contributed by atoms with Crippen molar-refractivity contribution in [2.75, 3.05) is 28.4 Å². The Hall–Kier alpha value is -4.53. The van der Waals surface area contributed by atoms with E-state index in [1.807, 2.05) is 12.1 Å². The first-order valence-corrected chi connectivity index (χ1v) is 11.0. The van der Waals surface area contributed by atoms with E-state index < -0.39 is 5.82 Å². The van der Waals surface area contributed by atoms with Crippen LogP contribution in [-0.4, -0.2) is 43.9 Å². The zero-order valence-corrected chi connectivity index (χ0v) is 20.6. The molecule has 1 N–H and O–H groups in total. The lowest BCUT2D eigenvalue weighted by Gasteiger charge is -2.13. The molecule has 0 bridgehead atoms. The monoisotopic (exact) mass is 491 g/mol. The highest BCUT2D eigenvalue weighted by molar-refractivity contribution is 6.05. The fourth-order valence-corrected chi connectivity index (χ4v) is 3.89. The molecule has 4 rings (SSSR count). The summed E-state index contributed by atoms with van der Waals surface area (Å²) in [5, 5.41) is 3.16. The SMILES string of the molecule is COc1ccc(-c2[nH]n(-c3ccc(F)cc3)c(=O)c2C(C)=Nc2cc(OC)c(OC)c(OC)c2)cc1. The Morgan fingerprint density at radius 2 is 1.47 bits per heavy atom. The van der Waals surface area contributed by atoms with E-state index in [0.29, 0.717) is 51.3 Å². The summed E-state index contributed by atoms with van der Waals surface area (Å²) in [4.78, 5) is 18.3. The first-order chi connectivity index (χ1) is 17.4. The number of H-pyrrole nitrogens is 1. The summed E-state index contributed by atoms with van der Waals surface area (Å²) in [5.41, 5.74) is 2.79. The van der Waals surface area contributed by atoms with Crippen molar-refractivity contribution < 1.29 is 23.3 Å². The van der Waals surface area contributed by atoms with Gasteiger partial charge in [0.15, 0.2) is 11.5 Å². The predicted molar refractivity (Wildman–Crippen MR) is 136 cm³/mol. The second-order valence-corrected chi connectivity index (χ2v) is 7.79. The van der Waals surface area contributed by atoms with Crippen LogP contribution in [0.15, 0.2) is 70.5 Å². The first kappa shape index (κ1) is 24.6. The van der Waals surface area contributed by atoms with Gasteiger partial charge >= 0.3 is 0 Å². The number of halogens is 1. The highest BCUT2D eigenvalue weighted by Gasteiger charge is 2.20. The summed E-state index contributed by atoms with van der Waals surface area (Å²) in [6, 6.07) is 16.3. The molecule has 0 saturated heterocycles. The minimum absolute atomic E-state index is 0.332. The van der Waals surface area contributed by atoms with Crippen LogP contribution in [0.3, 0.4) is 0 Å². The molecule has 3 aromatic carbocycles. The van der Waals surface area contributed by atoms with Crippen LogP contribution in [0.1, 0.15) is 12.5 Å². The van der Waals surface area contributed by atoms with E-state index in [1.165, 1.54) is 50.3 Å². The molecule has 1 aromatic heterocycles. The number of aliphatic imine (C=N–C) groups is 1. The van der Waals surface area contributed by atoms with Crippen LogP contribution in [0.4, 0.5) is 10.1 Å². The number of nitrogens with one attached hydrogen (secondary N) is 1. The third-order valence-electron chi connectivity index (χ3n) is 5.66. The molecule has 0 unspecified atom stereocenters. The molecule has 0 aliphatic rings. The number of methoxy groups -OCH3 is 4. The molecule has 0 fully saturated rings. The lowest BCUT2D eigenvalue weighted by atomic mass is 10.0. The summed E-state index contributed by atoms with van der Waals surface area (Å²) < 4.78 is 36.4. The highest BCUT2D eigenvalue weighted by Crippen LogP contribution is 2.41. The molecule has 1 heterocycles. The summed E-state index contributed by atoms with van der Waals surface area (Å²) in [5.74, 6) is 1.61. The van der Waals surface area contributed by atoms with E-state index in [-0.39, 0.29) is 5.56 Å². The Bertz CT molecular complexity index is 1430. The number of aromatic nitrogens is 2. The molecule has 0 saturated carbocycles. The van der Waals surface area contributed by atoms with E-state index in [4.69, 9.17) is 23.9 Å². The molecule has 9 heteroatoms. The molecule has 0 radical (unpaired) electrons. The van der Waals surface area contributed by atoms with Gasteiger partial charge in [0.25, 0.3) is 5.56 Å². The number of hydrogen-bond acceptors (Lipinski definition) is 6. The van der Waals surface area contributed by atoms with Gasteiger partial charge in [-0.2, -0.15) is 0 Å². The third kappa shape index (κ3) is 4.68. The average molecular weight is 492 g/mol. The number of benzene rings is 3. The molecule has 4 aromatic rings. The summed E-state index contributed by atoms with van der Waals surface area (Å²) in [7, 11) is 6.15. The Morgan fingerprint density at radius 1 is 0.861 bits per heavy atom. The second-order valence-electron chi connectivity index (χ2n) is 7.79. The largest absolute Gasteiger partial charge is 0.497 e. The highest BCUT2D eigenvalue weighted by atomic mass is 19.1. The van der Waals surface area contributed by atoms with Crippen LogP contribution in [0.5, 0.6) is 23.0 Å². The van der Waals surface area contributed by atoms with Gasteiger partial charge in [-0.05, 0) is 55.5 Å². The van der Waals surface area contributed by atoms with Crippen LogP contribution in [-0.2, 0) is 0 Å². The molecule has 8 nitrogen and oxygen atoms in total. The van der Waals surface area contributed by atoms with Crippen molar-refractivity contribution in [1.82, 2.24) is 9.78 Å². The molecular weight excluding hydrogens is 465 g/mol. The number of aromatic amines is 1. The van der Waals surface area contributed by atoms with Gasteiger partial charge in [-0.15, -0.1) is 0 Å². The fraction of sp³-hybridized carbons (Fsp3) is 0.185. The predicted octanol–water partition coefficient (Wildman–Crippen LogP) is 5.15. The number of hydrogen-bond donors (Lipinski definition) is 1. The van der Waals surface area contributed by atoms with E-state index in [9.17, 15) is 9.18 Å². The quantitative estimate of drug-likeness (QED) is 0.345. The van der Waals surface area contributed by atoms with Crippen molar-refractivity contribution in [3.8, 4) is 39.9 Å². The maximum absolute atomic E-state index is 13.6. The van der Waals surface area contributed by atoms with Crippen LogP contribution in [0.25, 0.3) is 16.9 Å². The molecule has 36 heavy (non-hydrogen) atoms. The molecule has 0 atom stereocenters. The van der Waals surface area contributed by atoms with Gasteiger partial charge in [0, 0.05) is 17.7 Å². The van der Waals surface area contributed by atoms with E-state index >= 15 is 0 Å². The van der Waals surface area contributed by atoms with Gasteiger partial charge < -0.3 is 18.9 Å². The summed E-state index contributed by atoms with van der Waals surface area (Å²) in [6.07, 6.45) is 0. The third-order valence-corrected chi connectivity index (χ3v) is 5.66. The molecule has 0 amide bonds. The maximum Gasteiger partial charge on any atom is 0.280 e. The zero-order chi connectivity index (χ0) is 25.8. The van der Waals surface area contributed by atoms with Gasteiger partial charge in [0.2, 0.25) is 5.75 Å². The van der Waals surface area contributed by atoms with Crippen LogP contribution in [0.2, 0.25) is 0 Å². The van der Waals surface area contributed by atoms with Gasteiger partial charge in [-0.1, -0.05) is 0 Å². The molecular formula is C27H26FN3O5. The zero-order valence-electron chi connectivity index (χ0n) is 20.6. The summed E-state index contributed by atoms with van der Waals surface area (Å²) >= 11 is 0. The van der Waals surface area contributed by atoms with Crippen molar-refractivity contribution in [2.24, 2.45) is 4.99 Å². The topological polar surface area (TPSA) is 87.1 Å². The van der Waals surface area contributed by atoms with Crippen LogP contribution >= 0.6 is 0 Å². The Labute approximate surface area is 207 Å². The maximum atomic E-state index is 13.6. The minimum Gasteiger partial charge on any atom is -0.497 e. The molecule has 0 aliphatic heterocycles. The Morgan fingerprint density at radius 3 is 2.00 bits per heavy atom. The van der Waals surface area contributed by atoms with Crippen molar-refractivity contribution in [3.05, 3.63) is 82.4 Å². The van der Waals surface area contributed by atoms with E-state index in [2.05, 4.69) is 5.10 Å². The normalized spacial score (nSPS) is 11.3. The van der Waals surface area contributed by atoms with Crippen molar-refractivity contribution in [1.29, 1.82) is 0 Å². The van der Waals surface area contributed by atoms with Crippen molar-refractivity contribution in [2.45, 2.75) is 6.92 Å². The Balaban J connectivity index is 1.90. The number of nitrogens with zero attached hydrogens (tertiary/aromatic N) is 2. The van der Waals surface area contributed by atoms with Crippen molar-refractivity contribution in [3.63, 3.8) is 0 Å². The van der Waals surface area contributed by atoms with Crippen LogP contribution < -0.4 is 24.5 Å². The minimum atomic E-state index is -0.394. The van der Waals surface area contributed by atoms with Crippen molar-refractivity contribution >= 4 is 11.4 Å². The standard InChI is InChI=1S/C27H26FN3O5/c1-16(29-19-14-22(34-3)26(36-5)23(15-19)35-4)24-25(17-6-12-21(33-2)13-7-17)30-31(27(24)32)20-10-8-18(28)9-11-20/h6-15,30H,1-5H3. The number of rotatable bonds is 8. The van der Waals surface area contributed by atoms with E-state index in [1.54, 1.807) is 38.3 Å². The van der Waals surface area contributed by atoms with Gasteiger partial charge in [0.1, 0.15) is 11.6 Å². The first-order valence-electron chi connectivity index (χ1n) is 11.0. The van der Waals surface area contributed by atoms with E-state index in [0.717, 1.165) is 5.56 Å².